The lowest BCUT2D eigenvalue weighted by atomic mass is 10.0. The molecule has 1 unspecified atom stereocenters. The summed E-state index contributed by atoms with van der Waals surface area (Å²) < 4.78 is 5.46. The minimum absolute atomic E-state index is 0.0156. The number of carbonyl (C=O) groups is 1. The molecule has 0 radical (unpaired) electrons. The van der Waals surface area contributed by atoms with Crippen molar-refractivity contribution in [3.05, 3.63) is 0 Å². The molecule has 1 atom stereocenters. The molecule has 0 aliphatic heterocycles. The summed E-state index contributed by atoms with van der Waals surface area (Å²) in [7, 11) is 0. The standard InChI is InChI=1S/C12H25NO3.C2H6/c1-10(2)16-9-12(8-14)6-4-5-7-13-11(3)15;1-2/h10,12,14H,4-9H2,1-3H3,(H,13,15);1-2H3. The zero-order valence-electron chi connectivity index (χ0n) is 12.7. The van der Waals surface area contributed by atoms with Crippen LogP contribution in [0, 0.1) is 5.92 Å². The fourth-order valence-electron chi connectivity index (χ4n) is 1.38. The van der Waals surface area contributed by atoms with Gasteiger partial charge in [-0.15, -0.1) is 0 Å². The van der Waals surface area contributed by atoms with E-state index in [1.165, 1.54) is 6.92 Å². The van der Waals surface area contributed by atoms with E-state index in [9.17, 15) is 4.79 Å². The molecule has 4 heteroatoms. The van der Waals surface area contributed by atoms with E-state index in [1.807, 2.05) is 27.7 Å². The highest BCUT2D eigenvalue weighted by Gasteiger charge is 2.08. The van der Waals surface area contributed by atoms with Crippen molar-refractivity contribution in [3.63, 3.8) is 0 Å². The molecule has 4 nitrogen and oxygen atoms in total. The smallest absolute Gasteiger partial charge is 0.216 e. The first-order valence-electron chi connectivity index (χ1n) is 7.03. The van der Waals surface area contributed by atoms with Gasteiger partial charge in [0, 0.05) is 26.0 Å². The van der Waals surface area contributed by atoms with E-state index in [0.717, 1.165) is 25.8 Å². The lowest BCUT2D eigenvalue weighted by molar-refractivity contribution is -0.118. The maximum absolute atomic E-state index is 10.6. The van der Waals surface area contributed by atoms with E-state index in [1.54, 1.807) is 0 Å². The third-order valence-electron chi connectivity index (χ3n) is 2.34. The van der Waals surface area contributed by atoms with Gasteiger partial charge in [0.25, 0.3) is 0 Å². The summed E-state index contributed by atoms with van der Waals surface area (Å²) in [6.07, 6.45) is 3.13. The summed E-state index contributed by atoms with van der Waals surface area (Å²) in [5, 5.41) is 11.9. The second-order valence-electron chi connectivity index (χ2n) is 4.41. The zero-order valence-corrected chi connectivity index (χ0v) is 12.7. The minimum Gasteiger partial charge on any atom is -0.396 e. The van der Waals surface area contributed by atoms with Gasteiger partial charge >= 0.3 is 0 Å². The molecule has 110 valence electrons. The van der Waals surface area contributed by atoms with Gasteiger partial charge in [-0.05, 0) is 26.7 Å². The molecular formula is C14H31NO3. The molecule has 0 heterocycles. The number of amides is 1. The van der Waals surface area contributed by atoms with Crippen molar-refractivity contribution < 1.29 is 14.6 Å². The Morgan fingerprint density at radius 3 is 2.33 bits per heavy atom. The molecule has 0 saturated carbocycles. The molecule has 2 N–H and O–H groups in total. The van der Waals surface area contributed by atoms with E-state index in [0.29, 0.717) is 6.61 Å². The normalized spacial score (nSPS) is 11.7. The van der Waals surface area contributed by atoms with Crippen LogP contribution in [0.3, 0.4) is 0 Å². The Kier molecular flexibility index (Phi) is 15.8. The molecule has 0 aromatic rings. The molecule has 0 fully saturated rings. The van der Waals surface area contributed by atoms with Crippen LogP contribution in [-0.4, -0.2) is 36.9 Å². The number of carbonyl (C=O) groups excluding carboxylic acids is 1. The molecular weight excluding hydrogens is 230 g/mol. The Balaban J connectivity index is 0. The Labute approximate surface area is 112 Å². The summed E-state index contributed by atoms with van der Waals surface area (Å²) in [6, 6.07) is 0. The second-order valence-corrected chi connectivity index (χ2v) is 4.41. The number of ether oxygens (including phenoxy) is 1. The van der Waals surface area contributed by atoms with Crippen LogP contribution in [0.4, 0.5) is 0 Å². The number of aliphatic hydroxyl groups excluding tert-OH is 1. The van der Waals surface area contributed by atoms with E-state index in [2.05, 4.69) is 5.32 Å². The van der Waals surface area contributed by atoms with Gasteiger partial charge in [0.15, 0.2) is 0 Å². The van der Waals surface area contributed by atoms with Crippen LogP contribution in [0.1, 0.15) is 53.9 Å². The number of aliphatic hydroxyl groups is 1. The maximum Gasteiger partial charge on any atom is 0.216 e. The fraction of sp³-hybridized carbons (Fsp3) is 0.929. The molecule has 0 spiro atoms. The van der Waals surface area contributed by atoms with Crippen LogP contribution in [0.5, 0.6) is 0 Å². The van der Waals surface area contributed by atoms with Gasteiger partial charge in [-0.3, -0.25) is 4.79 Å². The highest BCUT2D eigenvalue weighted by atomic mass is 16.5. The van der Waals surface area contributed by atoms with Crippen molar-refractivity contribution in [1.29, 1.82) is 0 Å². The average molecular weight is 261 g/mol. The lowest BCUT2D eigenvalue weighted by Gasteiger charge is -2.16. The predicted molar refractivity (Wildman–Crippen MR) is 75.5 cm³/mol. The Bertz CT molecular complexity index is 184. The second kappa shape index (κ2) is 14.5. The molecule has 0 aliphatic rings. The summed E-state index contributed by atoms with van der Waals surface area (Å²) >= 11 is 0. The molecule has 0 rings (SSSR count). The van der Waals surface area contributed by atoms with Crippen LogP contribution >= 0.6 is 0 Å². The molecule has 18 heavy (non-hydrogen) atoms. The van der Waals surface area contributed by atoms with Crippen molar-refractivity contribution in [2.45, 2.75) is 60.0 Å². The lowest BCUT2D eigenvalue weighted by Crippen LogP contribution is -2.21. The summed E-state index contributed by atoms with van der Waals surface area (Å²) in [6.45, 7) is 11.0. The third kappa shape index (κ3) is 15.4. The number of unbranched alkanes of at least 4 members (excludes halogenated alkanes) is 1. The summed E-state index contributed by atoms with van der Waals surface area (Å²) in [5.41, 5.74) is 0. The third-order valence-corrected chi connectivity index (χ3v) is 2.34. The summed E-state index contributed by atoms with van der Waals surface area (Å²) in [5.74, 6) is 0.238. The monoisotopic (exact) mass is 261 g/mol. The molecule has 0 aromatic heterocycles. The van der Waals surface area contributed by atoms with Gasteiger partial charge < -0.3 is 15.2 Å². The minimum atomic E-state index is 0.0156. The van der Waals surface area contributed by atoms with Crippen molar-refractivity contribution in [2.75, 3.05) is 19.8 Å². The van der Waals surface area contributed by atoms with Crippen LogP contribution in [0.2, 0.25) is 0 Å². The van der Waals surface area contributed by atoms with Crippen LogP contribution in [-0.2, 0) is 9.53 Å². The van der Waals surface area contributed by atoms with Crippen LogP contribution < -0.4 is 5.32 Å². The van der Waals surface area contributed by atoms with E-state index in [4.69, 9.17) is 9.84 Å². The van der Waals surface area contributed by atoms with Gasteiger partial charge in [-0.2, -0.15) is 0 Å². The largest absolute Gasteiger partial charge is 0.396 e. The maximum atomic E-state index is 10.6. The van der Waals surface area contributed by atoms with E-state index in [-0.39, 0.29) is 24.5 Å². The first kappa shape index (κ1) is 19.7. The Hall–Kier alpha value is -0.610. The molecule has 0 bridgehead atoms. The SMILES string of the molecule is CC.CC(=O)NCCCCC(CO)COC(C)C. The first-order valence-corrected chi connectivity index (χ1v) is 7.03. The topological polar surface area (TPSA) is 58.6 Å². The van der Waals surface area contributed by atoms with E-state index < -0.39 is 0 Å². The molecule has 1 amide bonds. The van der Waals surface area contributed by atoms with Crippen molar-refractivity contribution >= 4 is 5.91 Å². The quantitative estimate of drug-likeness (QED) is 0.626. The molecule has 0 aromatic carbocycles. The van der Waals surface area contributed by atoms with Gasteiger partial charge in [0.1, 0.15) is 0 Å². The highest BCUT2D eigenvalue weighted by molar-refractivity contribution is 5.72. The number of hydrogen-bond acceptors (Lipinski definition) is 3. The van der Waals surface area contributed by atoms with E-state index >= 15 is 0 Å². The first-order chi connectivity index (χ1) is 8.56. The average Bonchev–Trinajstić information content (AvgIpc) is 2.34. The van der Waals surface area contributed by atoms with Gasteiger partial charge in [0.2, 0.25) is 5.91 Å². The van der Waals surface area contributed by atoms with Crippen molar-refractivity contribution in [1.82, 2.24) is 5.32 Å². The van der Waals surface area contributed by atoms with Crippen molar-refractivity contribution in [3.8, 4) is 0 Å². The predicted octanol–water partition coefficient (Wildman–Crippen LogP) is 2.35. The number of rotatable bonds is 9. The molecule has 0 saturated heterocycles. The molecule has 0 aliphatic carbocycles. The van der Waals surface area contributed by atoms with Crippen LogP contribution in [0.25, 0.3) is 0 Å². The summed E-state index contributed by atoms with van der Waals surface area (Å²) in [4.78, 5) is 10.6. The highest BCUT2D eigenvalue weighted by Crippen LogP contribution is 2.09. The Morgan fingerprint density at radius 2 is 1.89 bits per heavy atom. The number of hydrogen-bond donors (Lipinski definition) is 2. The zero-order chi connectivity index (χ0) is 14.4. The number of nitrogens with one attached hydrogen (secondary N) is 1. The van der Waals surface area contributed by atoms with Gasteiger partial charge in [-0.25, -0.2) is 0 Å². The fourth-order valence-corrected chi connectivity index (χ4v) is 1.38. The Morgan fingerprint density at radius 1 is 1.28 bits per heavy atom. The van der Waals surface area contributed by atoms with Gasteiger partial charge in [0.05, 0.1) is 12.7 Å². The van der Waals surface area contributed by atoms with Crippen LogP contribution in [0.15, 0.2) is 0 Å². The van der Waals surface area contributed by atoms with Gasteiger partial charge in [-0.1, -0.05) is 20.3 Å². The van der Waals surface area contributed by atoms with Crippen molar-refractivity contribution in [2.24, 2.45) is 5.92 Å².